The molecule has 2 aromatic rings. The molecule has 0 saturated carbocycles. The summed E-state index contributed by atoms with van der Waals surface area (Å²) < 4.78 is 0. The van der Waals surface area contributed by atoms with Crippen LogP contribution < -0.4 is 4.90 Å². The third-order valence-electron chi connectivity index (χ3n) is 3.10. The quantitative estimate of drug-likeness (QED) is 0.838. The number of fused-ring (bicyclic) bond motifs is 1. The molecule has 0 radical (unpaired) electrons. The molecule has 0 amide bonds. The number of nitrogens with zero attached hydrogens (tertiary/aromatic N) is 4. The molecule has 1 heterocycles. The van der Waals surface area contributed by atoms with E-state index in [2.05, 4.69) is 20.9 Å². The Morgan fingerprint density at radius 1 is 1.16 bits per heavy atom. The number of benzene rings is 1. The lowest BCUT2D eigenvalue weighted by atomic mass is 10.1. The molecule has 0 aliphatic rings. The Morgan fingerprint density at radius 3 is 2.58 bits per heavy atom. The second-order valence-corrected chi connectivity index (χ2v) is 4.88. The number of anilines is 1. The third-order valence-corrected chi connectivity index (χ3v) is 3.10. The van der Waals surface area contributed by atoms with Gasteiger partial charge in [-0.1, -0.05) is 18.2 Å². The molecule has 1 aromatic carbocycles. The van der Waals surface area contributed by atoms with Crippen molar-refractivity contribution in [2.75, 3.05) is 39.1 Å². The van der Waals surface area contributed by atoms with E-state index in [0.29, 0.717) is 5.56 Å². The molecular formula is C15H18N4. The Hall–Kier alpha value is -2.12. The Balaban J connectivity index is 2.37. The van der Waals surface area contributed by atoms with E-state index in [1.54, 1.807) is 0 Å². The van der Waals surface area contributed by atoms with Gasteiger partial charge in [0, 0.05) is 25.5 Å². The topological polar surface area (TPSA) is 43.2 Å². The van der Waals surface area contributed by atoms with Crippen molar-refractivity contribution in [3.8, 4) is 6.07 Å². The second kappa shape index (κ2) is 5.68. The summed E-state index contributed by atoms with van der Waals surface area (Å²) in [6.45, 7) is 1.83. The van der Waals surface area contributed by atoms with E-state index in [-0.39, 0.29) is 0 Å². The molecule has 19 heavy (non-hydrogen) atoms. The largest absolute Gasteiger partial charge is 0.358 e. The summed E-state index contributed by atoms with van der Waals surface area (Å²) in [5.41, 5.74) is 1.55. The van der Waals surface area contributed by atoms with Gasteiger partial charge in [-0.05, 0) is 26.2 Å². The molecule has 0 fully saturated rings. The van der Waals surface area contributed by atoms with Gasteiger partial charge in [0.15, 0.2) is 0 Å². The fourth-order valence-electron chi connectivity index (χ4n) is 1.91. The molecule has 1 aromatic heterocycles. The van der Waals surface area contributed by atoms with Crippen molar-refractivity contribution in [3.63, 3.8) is 0 Å². The minimum atomic E-state index is 0.678. The van der Waals surface area contributed by atoms with Gasteiger partial charge in [-0.3, -0.25) is 0 Å². The number of nitriles is 1. The van der Waals surface area contributed by atoms with Crippen LogP contribution in [0.2, 0.25) is 0 Å². The van der Waals surface area contributed by atoms with Crippen LogP contribution >= 0.6 is 0 Å². The zero-order valence-corrected chi connectivity index (χ0v) is 11.6. The standard InChI is InChI=1S/C15H18N4/c1-18(2)8-9-19(3)15-10-12(11-16)13-6-4-5-7-14(13)17-15/h4-7,10H,8-9H2,1-3H3. The highest BCUT2D eigenvalue weighted by atomic mass is 15.2. The van der Waals surface area contributed by atoms with Crippen molar-refractivity contribution in [1.82, 2.24) is 9.88 Å². The van der Waals surface area contributed by atoms with Crippen LogP contribution in [0.15, 0.2) is 30.3 Å². The van der Waals surface area contributed by atoms with Gasteiger partial charge in [0.05, 0.1) is 17.1 Å². The third kappa shape index (κ3) is 3.01. The summed E-state index contributed by atoms with van der Waals surface area (Å²) in [4.78, 5) is 8.82. The van der Waals surface area contributed by atoms with E-state index >= 15 is 0 Å². The maximum Gasteiger partial charge on any atom is 0.130 e. The van der Waals surface area contributed by atoms with E-state index in [0.717, 1.165) is 29.8 Å². The molecule has 2 rings (SSSR count). The first kappa shape index (κ1) is 13.3. The Kier molecular flexibility index (Phi) is 3.98. The van der Waals surface area contributed by atoms with Crippen LogP contribution in [0.3, 0.4) is 0 Å². The molecule has 0 bridgehead atoms. The normalized spacial score (nSPS) is 10.7. The highest BCUT2D eigenvalue weighted by molar-refractivity contribution is 5.86. The molecule has 0 spiro atoms. The lowest BCUT2D eigenvalue weighted by molar-refractivity contribution is 0.416. The van der Waals surface area contributed by atoms with Gasteiger partial charge in [-0.25, -0.2) is 4.98 Å². The summed E-state index contributed by atoms with van der Waals surface area (Å²) >= 11 is 0. The predicted molar refractivity (Wildman–Crippen MR) is 78.3 cm³/mol. The van der Waals surface area contributed by atoms with Crippen LogP contribution in [0.5, 0.6) is 0 Å². The minimum Gasteiger partial charge on any atom is -0.358 e. The number of hydrogen-bond donors (Lipinski definition) is 0. The van der Waals surface area contributed by atoms with Crippen molar-refractivity contribution in [1.29, 1.82) is 5.26 Å². The van der Waals surface area contributed by atoms with Crippen LogP contribution in [0.1, 0.15) is 5.56 Å². The van der Waals surface area contributed by atoms with Crippen LogP contribution in [-0.4, -0.2) is 44.1 Å². The fourth-order valence-corrected chi connectivity index (χ4v) is 1.91. The first-order valence-electron chi connectivity index (χ1n) is 6.27. The van der Waals surface area contributed by atoms with Gasteiger partial charge in [-0.2, -0.15) is 5.26 Å². The highest BCUT2D eigenvalue weighted by Crippen LogP contribution is 2.21. The zero-order chi connectivity index (χ0) is 13.8. The fraction of sp³-hybridized carbons (Fsp3) is 0.333. The molecule has 98 valence electrons. The lowest BCUT2D eigenvalue weighted by Gasteiger charge is -2.21. The molecule has 0 N–H and O–H groups in total. The lowest BCUT2D eigenvalue weighted by Crippen LogP contribution is -2.29. The van der Waals surface area contributed by atoms with Gasteiger partial charge < -0.3 is 9.80 Å². The number of likely N-dealkylation sites (N-methyl/N-ethyl adjacent to an activating group) is 2. The highest BCUT2D eigenvalue weighted by Gasteiger charge is 2.08. The molecule has 0 atom stereocenters. The Bertz CT molecular complexity index is 613. The second-order valence-electron chi connectivity index (χ2n) is 4.88. The Morgan fingerprint density at radius 2 is 1.89 bits per heavy atom. The number of aromatic nitrogens is 1. The van der Waals surface area contributed by atoms with Crippen molar-refractivity contribution >= 4 is 16.7 Å². The monoisotopic (exact) mass is 254 g/mol. The van der Waals surface area contributed by atoms with Crippen molar-refractivity contribution in [2.45, 2.75) is 0 Å². The van der Waals surface area contributed by atoms with Crippen LogP contribution in [0.4, 0.5) is 5.82 Å². The van der Waals surface area contributed by atoms with Crippen molar-refractivity contribution < 1.29 is 0 Å². The first-order valence-corrected chi connectivity index (χ1v) is 6.27. The van der Waals surface area contributed by atoms with E-state index in [1.807, 2.05) is 51.5 Å². The Labute approximate surface area is 113 Å². The average molecular weight is 254 g/mol. The summed E-state index contributed by atoms with van der Waals surface area (Å²) in [6, 6.07) is 11.9. The molecule has 4 heteroatoms. The minimum absolute atomic E-state index is 0.678. The van der Waals surface area contributed by atoms with Gasteiger partial charge in [0.25, 0.3) is 0 Å². The van der Waals surface area contributed by atoms with E-state index in [9.17, 15) is 5.26 Å². The van der Waals surface area contributed by atoms with Crippen molar-refractivity contribution in [2.24, 2.45) is 0 Å². The smallest absolute Gasteiger partial charge is 0.130 e. The summed E-state index contributed by atoms with van der Waals surface area (Å²) in [5.74, 6) is 0.845. The SMILES string of the molecule is CN(C)CCN(C)c1cc(C#N)c2ccccc2n1. The summed E-state index contributed by atoms with van der Waals surface area (Å²) in [6.07, 6.45) is 0. The summed E-state index contributed by atoms with van der Waals surface area (Å²) in [5, 5.41) is 10.2. The summed E-state index contributed by atoms with van der Waals surface area (Å²) in [7, 11) is 6.09. The van der Waals surface area contributed by atoms with Crippen molar-refractivity contribution in [3.05, 3.63) is 35.9 Å². The predicted octanol–water partition coefficient (Wildman–Crippen LogP) is 2.10. The van der Waals surface area contributed by atoms with Gasteiger partial charge in [-0.15, -0.1) is 0 Å². The number of para-hydroxylation sites is 1. The van der Waals surface area contributed by atoms with E-state index in [1.165, 1.54) is 0 Å². The molecular weight excluding hydrogens is 236 g/mol. The van der Waals surface area contributed by atoms with Crippen LogP contribution in [-0.2, 0) is 0 Å². The molecule has 0 aliphatic carbocycles. The van der Waals surface area contributed by atoms with Gasteiger partial charge in [0.1, 0.15) is 5.82 Å². The first-order chi connectivity index (χ1) is 9.11. The molecule has 0 aliphatic heterocycles. The zero-order valence-electron chi connectivity index (χ0n) is 11.6. The van der Waals surface area contributed by atoms with Gasteiger partial charge >= 0.3 is 0 Å². The number of rotatable bonds is 4. The maximum absolute atomic E-state index is 9.26. The maximum atomic E-state index is 9.26. The van der Waals surface area contributed by atoms with E-state index in [4.69, 9.17) is 0 Å². The molecule has 0 unspecified atom stereocenters. The van der Waals surface area contributed by atoms with Gasteiger partial charge in [0.2, 0.25) is 0 Å². The molecule has 4 nitrogen and oxygen atoms in total. The number of hydrogen-bond acceptors (Lipinski definition) is 4. The molecule has 0 saturated heterocycles. The number of pyridine rings is 1. The van der Waals surface area contributed by atoms with E-state index < -0.39 is 0 Å². The van der Waals surface area contributed by atoms with Crippen LogP contribution in [0, 0.1) is 11.3 Å². The average Bonchev–Trinajstić information content (AvgIpc) is 2.43. The van der Waals surface area contributed by atoms with Crippen LogP contribution in [0.25, 0.3) is 10.9 Å².